The van der Waals surface area contributed by atoms with Gasteiger partial charge in [0.2, 0.25) is 0 Å². The molecule has 8 rings (SSSR count). The fraction of sp³-hybridized carbons (Fsp3) is 0.236. The summed E-state index contributed by atoms with van der Waals surface area (Å²) in [6.07, 6.45) is -0.581. The number of phenolic OH excluding ortho intramolecular Hbond substituents is 1. The van der Waals surface area contributed by atoms with Crippen LogP contribution in [-0.2, 0) is 26.5 Å². The van der Waals surface area contributed by atoms with E-state index in [2.05, 4.69) is 11.1 Å². The van der Waals surface area contributed by atoms with E-state index in [4.69, 9.17) is 21.4 Å². The maximum Gasteiger partial charge on any atom is 0.148 e. The zero-order chi connectivity index (χ0) is 53.1. The van der Waals surface area contributed by atoms with Crippen LogP contribution in [0.15, 0.2) is 127 Å². The molecule has 0 atom stereocenters. The summed E-state index contributed by atoms with van der Waals surface area (Å²) in [5.41, 5.74) is 5.98. The van der Waals surface area contributed by atoms with Crippen LogP contribution in [0, 0.1) is 26.8 Å². The molecule has 0 fully saturated rings. The molecule has 0 bridgehead atoms. The summed E-state index contributed by atoms with van der Waals surface area (Å²) in [5.74, 6) is -1.84. The molecule has 0 saturated carbocycles. The fourth-order valence-electron chi connectivity index (χ4n) is 7.37. The van der Waals surface area contributed by atoms with E-state index in [1.807, 2.05) is 70.2 Å². The van der Waals surface area contributed by atoms with Crippen LogP contribution in [-0.4, -0.2) is 19.6 Å². The number of rotatable bonds is 8. The Morgan fingerprint density at radius 1 is 0.750 bits per heavy atom. The van der Waals surface area contributed by atoms with E-state index in [1.165, 1.54) is 0 Å². The molecule has 0 unspecified atom stereocenters. The molecule has 60 heavy (non-hydrogen) atoms. The summed E-state index contributed by atoms with van der Waals surface area (Å²) >= 11 is 0. The van der Waals surface area contributed by atoms with Crippen molar-refractivity contribution in [2.24, 2.45) is 0 Å². The van der Waals surface area contributed by atoms with Crippen molar-refractivity contribution in [3.8, 4) is 67.5 Å². The Bertz CT molecular complexity index is 3480. The van der Waals surface area contributed by atoms with Crippen LogP contribution in [0.1, 0.15) is 111 Å². The maximum absolute atomic E-state index is 11.8. The summed E-state index contributed by atoms with van der Waals surface area (Å²) in [7, 11) is 0. The van der Waals surface area contributed by atoms with Gasteiger partial charge < -0.3 is 5.11 Å². The molecule has 6 aromatic carbocycles. The molecule has 5 heteroatoms. The number of nitrogens with zero attached hydrogens (tertiary/aromatic N) is 3. The van der Waals surface area contributed by atoms with E-state index >= 15 is 0 Å². The van der Waals surface area contributed by atoms with Gasteiger partial charge in [0, 0.05) is 39.8 Å². The van der Waals surface area contributed by atoms with Crippen molar-refractivity contribution in [3.05, 3.63) is 167 Å². The van der Waals surface area contributed by atoms with Gasteiger partial charge in [-0.05, 0) is 118 Å². The van der Waals surface area contributed by atoms with E-state index in [-0.39, 0.29) is 60.7 Å². The van der Waals surface area contributed by atoms with E-state index < -0.39 is 78.1 Å². The van der Waals surface area contributed by atoms with Crippen molar-refractivity contribution >= 4 is 11.0 Å². The van der Waals surface area contributed by atoms with E-state index in [0.29, 0.717) is 55.5 Å². The standard InChI is InChI=1S/C55H54N3O.Pt/c1-33(2)41-26-42(34(3)4)28-43(27-41)39-19-20-50(36(6)25-39)58-51-18-14-17-47(52(51)57-54(58)48-24-35(5)23-37(7)53(48)59)44-29-45(31-46(30-44)55(8,9)10)49-32-40(21-22-56-49)38-15-12-11-13-16-38;/h11-28,30-34,59H,1-10H3;/q-1;/i6D3,11D,12D,13D,15D,16D,21D,22D,32D,33D,34D;. The maximum atomic E-state index is 11.8. The number of aryl methyl sites for hydroxylation is 3. The van der Waals surface area contributed by atoms with Gasteiger partial charge in [-0.1, -0.05) is 138 Å². The second kappa shape index (κ2) is 16.8. The molecule has 2 aromatic heterocycles. The number of para-hydroxylation sites is 1. The molecule has 0 aliphatic carbocycles. The molecule has 0 amide bonds. The van der Waals surface area contributed by atoms with Gasteiger partial charge in [0.05, 0.1) is 33.3 Å². The van der Waals surface area contributed by atoms with Crippen LogP contribution >= 0.6 is 0 Å². The number of hydrogen-bond donors (Lipinski definition) is 1. The van der Waals surface area contributed by atoms with E-state index in [1.54, 1.807) is 75.6 Å². The van der Waals surface area contributed by atoms with E-state index in [0.717, 1.165) is 11.1 Å². The smallest absolute Gasteiger partial charge is 0.148 e. The molecule has 306 valence electrons. The minimum Gasteiger partial charge on any atom is -0.507 e. The monoisotopic (exact) mass is 980 g/mol. The number of aromatic hydroxyl groups is 1. The third-order valence-electron chi connectivity index (χ3n) is 10.7. The summed E-state index contributed by atoms with van der Waals surface area (Å²) in [5, 5.41) is 11.8. The molecule has 0 saturated heterocycles. The van der Waals surface area contributed by atoms with Crippen molar-refractivity contribution in [3.63, 3.8) is 0 Å². The number of pyridine rings is 1. The van der Waals surface area contributed by atoms with Crippen LogP contribution in [0.5, 0.6) is 5.75 Å². The molecule has 0 aliphatic rings. The second-order valence-electron chi connectivity index (χ2n) is 16.6. The largest absolute Gasteiger partial charge is 0.507 e. The predicted octanol–water partition coefficient (Wildman–Crippen LogP) is 14.7. The van der Waals surface area contributed by atoms with Crippen LogP contribution in [0.25, 0.3) is 72.7 Å². The molecule has 0 aliphatic heterocycles. The van der Waals surface area contributed by atoms with Gasteiger partial charge in [-0.25, -0.2) is 4.98 Å². The zero-order valence-corrected chi connectivity index (χ0v) is 37.4. The predicted molar refractivity (Wildman–Crippen MR) is 248 cm³/mol. The summed E-state index contributed by atoms with van der Waals surface area (Å²) in [6, 6.07) is 22.6. The van der Waals surface area contributed by atoms with Crippen molar-refractivity contribution in [1.82, 2.24) is 14.5 Å². The van der Waals surface area contributed by atoms with Crippen molar-refractivity contribution in [2.45, 2.75) is 86.4 Å². The van der Waals surface area contributed by atoms with Gasteiger partial charge in [-0.2, -0.15) is 0 Å². The Morgan fingerprint density at radius 3 is 2.15 bits per heavy atom. The Hall–Kier alpha value is -5.57. The third-order valence-corrected chi connectivity index (χ3v) is 10.7. The normalized spacial score (nSPS) is 15.4. The number of imidazole rings is 1. The Kier molecular flexibility index (Phi) is 8.08. The first-order chi connectivity index (χ1) is 33.3. The quantitative estimate of drug-likeness (QED) is 0.154. The van der Waals surface area contributed by atoms with Crippen molar-refractivity contribution in [2.75, 3.05) is 0 Å². The fourth-order valence-corrected chi connectivity index (χ4v) is 7.37. The van der Waals surface area contributed by atoms with Gasteiger partial charge in [0.1, 0.15) is 11.6 Å². The SMILES string of the molecule is [2H]c1nc(-c2[c-]c(-c3cccc4c3nc(-c3cc(C)cc(C)c3O)n4-c3ccc(-c4cc(C([2H])(C)C)cc(C([2H])(C)C)c4)cc3C([2H])([2H])[2H])cc(C(C)(C)C)c2)c([2H])c(-c2c([2H])c([2H])c([2H])c([2H])c2[2H])c1[2H].[Pt]. The third kappa shape index (κ3) is 8.28. The van der Waals surface area contributed by atoms with Crippen molar-refractivity contribution < 1.29 is 44.0 Å². The first kappa shape index (κ1) is 28.8. The second-order valence-corrected chi connectivity index (χ2v) is 16.6. The molecule has 4 nitrogen and oxygen atoms in total. The first-order valence-electron chi connectivity index (χ1n) is 26.1. The van der Waals surface area contributed by atoms with Gasteiger partial charge in [-0.15, -0.1) is 29.3 Å². The minimum atomic E-state index is -2.69. The average molecular weight is 981 g/mol. The summed E-state index contributed by atoms with van der Waals surface area (Å²) in [4.78, 5) is 9.63. The summed E-state index contributed by atoms with van der Waals surface area (Å²) < 4.78 is 116. The Morgan fingerprint density at radius 2 is 1.47 bits per heavy atom. The number of aromatic nitrogens is 3. The van der Waals surface area contributed by atoms with Crippen LogP contribution in [0.4, 0.5) is 0 Å². The van der Waals surface area contributed by atoms with Crippen LogP contribution < -0.4 is 0 Å². The number of benzene rings is 6. The number of phenols is 1. The van der Waals surface area contributed by atoms with Gasteiger partial charge in [-0.3, -0.25) is 9.55 Å². The molecule has 0 spiro atoms. The van der Waals surface area contributed by atoms with Gasteiger partial charge in [0.15, 0.2) is 0 Å². The van der Waals surface area contributed by atoms with Crippen molar-refractivity contribution in [1.29, 1.82) is 0 Å². The van der Waals surface area contributed by atoms with Gasteiger partial charge >= 0.3 is 0 Å². The molecular formula is C55H54N3OPt-. The number of hydrogen-bond acceptors (Lipinski definition) is 3. The minimum absolute atomic E-state index is 0. The topological polar surface area (TPSA) is 50.9 Å². The Labute approximate surface area is 389 Å². The average Bonchev–Trinajstić information content (AvgIpc) is 3.69. The molecule has 0 radical (unpaired) electrons. The zero-order valence-electron chi connectivity index (χ0n) is 48.1. The number of fused-ring (bicyclic) bond motifs is 1. The van der Waals surface area contributed by atoms with Crippen LogP contribution in [0.3, 0.4) is 0 Å². The van der Waals surface area contributed by atoms with E-state index in [9.17, 15) is 6.48 Å². The molecule has 8 aromatic rings. The molecule has 2 heterocycles. The molecular weight excluding hydrogens is 914 g/mol. The van der Waals surface area contributed by atoms with Crippen LogP contribution in [0.2, 0.25) is 0 Å². The molecule has 1 N–H and O–H groups in total. The summed E-state index contributed by atoms with van der Waals surface area (Å²) in [6.45, 7) is 14.0. The van der Waals surface area contributed by atoms with Gasteiger partial charge in [0.25, 0.3) is 0 Å². The first-order valence-corrected chi connectivity index (χ1v) is 19.6. The Balaban J connectivity index is 0.00000780.